The third-order valence-electron chi connectivity index (χ3n) is 4.43. The number of hydrogen-bond acceptors (Lipinski definition) is 6. The fourth-order valence-electron chi connectivity index (χ4n) is 3.14. The summed E-state index contributed by atoms with van der Waals surface area (Å²) in [6.07, 6.45) is -0.677. The topological polar surface area (TPSA) is 68.0 Å². The minimum atomic E-state index is -0.528. The molecule has 3 rings (SSSR count). The van der Waals surface area contributed by atoms with Gasteiger partial charge in [-0.2, -0.15) is 0 Å². The normalized spacial score (nSPS) is 20.9. The summed E-state index contributed by atoms with van der Waals surface area (Å²) in [5.74, 6) is 0.976. The molecule has 142 valence electrons. The number of aliphatic hydroxyl groups excluding tert-OH is 1. The van der Waals surface area contributed by atoms with Crippen LogP contribution in [0.1, 0.15) is 25.3 Å². The minimum absolute atomic E-state index is 0.0611. The van der Waals surface area contributed by atoms with Crippen molar-refractivity contribution in [2.45, 2.75) is 45.6 Å². The highest BCUT2D eigenvalue weighted by Crippen LogP contribution is 2.29. The van der Waals surface area contributed by atoms with Crippen molar-refractivity contribution in [1.29, 1.82) is 0 Å². The number of aryl methyl sites for hydroxylation is 1. The molecule has 1 aliphatic heterocycles. The zero-order valence-electron chi connectivity index (χ0n) is 15.5. The molecule has 2 heterocycles. The molecule has 6 nitrogen and oxygen atoms in total. The van der Waals surface area contributed by atoms with Crippen molar-refractivity contribution >= 4 is 0 Å². The molecular formula is C19H25FN2O4. The lowest BCUT2D eigenvalue weighted by atomic mass is 10.2. The Morgan fingerprint density at radius 1 is 1.38 bits per heavy atom. The van der Waals surface area contributed by atoms with Crippen LogP contribution in [0.4, 0.5) is 4.39 Å². The van der Waals surface area contributed by atoms with Gasteiger partial charge in [0.25, 0.3) is 0 Å². The quantitative estimate of drug-likeness (QED) is 0.850. The monoisotopic (exact) mass is 364 g/mol. The molecule has 0 unspecified atom stereocenters. The number of rotatable bonds is 6. The highest BCUT2D eigenvalue weighted by Gasteiger charge is 2.33. The molecule has 1 fully saturated rings. The maximum absolute atomic E-state index is 14.1. The Morgan fingerprint density at radius 2 is 2.15 bits per heavy atom. The van der Waals surface area contributed by atoms with E-state index in [1.807, 2.05) is 13.8 Å². The van der Waals surface area contributed by atoms with Gasteiger partial charge in [-0.15, -0.1) is 0 Å². The number of β-amino-alcohol motifs (C(OH)–C–C–N with tert-alkyl or cyclic N) is 1. The Hall–Kier alpha value is -1.96. The summed E-state index contributed by atoms with van der Waals surface area (Å²) in [4.78, 5) is 6.53. The van der Waals surface area contributed by atoms with Crippen LogP contribution in [0.25, 0.3) is 11.5 Å². The van der Waals surface area contributed by atoms with Crippen LogP contribution in [-0.4, -0.2) is 53.5 Å². The first-order valence-electron chi connectivity index (χ1n) is 8.73. The molecule has 0 radical (unpaired) electrons. The van der Waals surface area contributed by atoms with Gasteiger partial charge in [-0.1, -0.05) is 0 Å². The Labute approximate surface area is 152 Å². The average Bonchev–Trinajstić information content (AvgIpc) is 3.11. The predicted octanol–water partition coefficient (Wildman–Crippen LogP) is 2.77. The smallest absolute Gasteiger partial charge is 0.229 e. The number of benzene rings is 1. The minimum Gasteiger partial charge on any atom is -0.497 e. The lowest BCUT2D eigenvalue weighted by Crippen LogP contribution is -2.29. The number of oxazole rings is 1. The second kappa shape index (κ2) is 7.73. The van der Waals surface area contributed by atoms with Crippen molar-refractivity contribution in [1.82, 2.24) is 9.88 Å². The van der Waals surface area contributed by atoms with Crippen LogP contribution in [-0.2, 0) is 11.3 Å². The van der Waals surface area contributed by atoms with Crippen molar-refractivity contribution in [3.05, 3.63) is 35.5 Å². The van der Waals surface area contributed by atoms with Crippen molar-refractivity contribution in [3.63, 3.8) is 0 Å². The molecule has 1 saturated heterocycles. The van der Waals surface area contributed by atoms with Crippen molar-refractivity contribution < 1.29 is 23.4 Å². The molecule has 2 aromatic rings. The van der Waals surface area contributed by atoms with Crippen LogP contribution in [0.5, 0.6) is 5.75 Å². The largest absolute Gasteiger partial charge is 0.497 e. The lowest BCUT2D eigenvalue weighted by molar-refractivity contribution is -0.0396. The number of nitrogens with zero attached hydrogens (tertiary/aromatic N) is 2. The molecule has 0 aliphatic carbocycles. The van der Waals surface area contributed by atoms with E-state index in [4.69, 9.17) is 13.9 Å². The number of hydrogen-bond donors (Lipinski definition) is 1. The summed E-state index contributed by atoms with van der Waals surface area (Å²) >= 11 is 0. The molecule has 1 N–H and O–H groups in total. The van der Waals surface area contributed by atoms with E-state index in [1.165, 1.54) is 13.2 Å². The molecule has 0 bridgehead atoms. The Kier molecular flexibility index (Phi) is 5.60. The van der Waals surface area contributed by atoms with Crippen molar-refractivity contribution in [3.8, 4) is 17.2 Å². The van der Waals surface area contributed by atoms with Gasteiger partial charge >= 0.3 is 0 Å². The summed E-state index contributed by atoms with van der Waals surface area (Å²) < 4.78 is 30.7. The molecule has 1 aliphatic rings. The van der Waals surface area contributed by atoms with E-state index >= 15 is 0 Å². The number of methoxy groups -OCH3 is 1. The van der Waals surface area contributed by atoms with Crippen molar-refractivity contribution in [2.75, 3.05) is 20.2 Å². The van der Waals surface area contributed by atoms with E-state index in [9.17, 15) is 9.50 Å². The SMILES string of the molecule is COc1ccc(F)c(-c2nc(CN3C[C@H](OC(C)C)[C@@H](O)C3)c(C)o2)c1. The fourth-order valence-corrected chi connectivity index (χ4v) is 3.14. The predicted molar refractivity (Wildman–Crippen MR) is 94.5 cm³/mol. The highest BCUT2D eigenvalue weighted by molar-refractivity contribution is 5.57. The molecule has 0 amide bonds. The maximum atomic E-state index is 14.1. The molecule has 7 heteroatoms. The lowest BCUT2D eigenvalue weighted by Gasteiger charge is -2.17. The third-order valence-corrected chi connectivity index (χ3v) is 4.43. The first-order valence-corrected chi connectivity index (χ1v) is 8.73. The summed E-state index contributed by atoms with van der Waals surface area (Å²) in [6.45, 7) is 7.34. The Balaban J connectivity index is 1.75. The second-order valence-electron chi connectivity index (χ2n) is 6.85. The summed E-state index contributed by atoms with van der Waals surface area (Å²) in [7, 11) is 1.53. The number of likely N-dealkylation sites (tertiary alicyclic amines) is 1. The fraction of sp³-hybridized carbons (Fsp3) is 0.526. The van der Waals surface area contributed by atoms with E-state index in [-0.39, 0.29) is 23.7 Å². The van der Waals surface area contributed by atoms with Gasteiger partial charge in [0.1, 0.15) is 17.3 Å². The van der Waals surface area contributed by atoms with Gasteiger partial charge in [0, 0.05) is 19.6 Å². The Morgan fingerprint density at radius 3 is 2.85 bits per heavy atom. The van der Waals surface area contributed by atoms with Gasteiger partial charge < -0.3 is 19.0 Å². The molecule has 2 atom stereocenters. The summed E-state index contributed by atoms with van der Waals surface area (Å²) in [5, 5.41) is 10.2. The molecule has 0 spiro atoms. The van der Waals surface area contributed by atoms with E-state index in [2.05, 4.69) is 9.88 Å². The zero-order valence-corrected chi connectivity index (χ0v) is 15.5. The average molecular weight is 364 g/mol. The number of ether oxygens (including phenoxy) is 2. The van der Waals surface area contributed by atoms with Gasteiger partial charge in [-0.05, 0) is 39.0 Å². The van der Waals surface area contributed by atoms with Crippen LogP contribution < -0.4 is 4.74 Å². The van der Waals surface area contributed by atoms with Crippen LogP contribution >= 0.6 is 0 Å². The van der Waals surface area contributed by atoms with Gasteiger partial charge in [-0.3, -0.25) is 4.90 Å². The molecule has 1 aromatic carbocycles. The zero-order chi connectivity index (χ0) is 18.8. The van der Waals surface area contributed by atoms with Crippen LogP contribution in [0.15, 0.2) is 22.6 Å². The van der Waals surface area contributed by atoms with Crippen LogP contribution in [0.2, 0.25) is 0 Å². The summed E-state index contributed by atoms with van der Waals surface area (Å²) in [5.41, 5.74) is 0.987. The van der Waals surface area contributed by atoms with Gasteiger partial charge in [0.05, 0.1) is 36.7 Å². The number of aromatic nitrogens is 1. The van der Waals surface area contributed by atoms with E-state index in [0.717, 1.165) is 5.69 Å². The van der Waals surface area contributed by atoms with Gasteiger partial charge in [-0.25, -0.2) is 9.37 Å². The standard InChI is InChI=1S/C19H25FN2O4/c1-11(2)25-18-10-22(9-17(18)23)8-16-12(3)26-19(21-16)14-7-13(24-4)5-6-15(14)20/h5-7,11,17-18,23H,8-10H2,1-4H3/t17-,18-/m0/s1. The second-order valence-corrected chi connectivity index (χ2v) is 6.85. The molecule has 0 saturated carbocycles. The Bertz CT molecular complexity index is 762. The molecular weight excluding hydrogens is 339 g/mol. The molecule has 26 heavy (non-hydrogen) atoms. The maximum Gasteiger partial charge on any atom is 0.229 e. The third kappa shape index (κ3) is 4.06. The van der Waals surface area contributed by atoms with Crippen LogP contribution in [0, 0.1) is 12.7 Å². The molecule has 1 aromatic heterocycles. The van der Waals surface area contributed by atoms with E-state index in [0.29, 0.717) is 31.1 Å². The van der Waals surface area contributed by atoms with Crippen molar-refractivity contribution in [2.24, 2.45) is 0 Å². The van der Waals surface area contributed by atoms with Gasteiger partial charge in [0.2, 0.25) is 5.89 Å². The van der Waals surface area contributed by atoms with E-state index < -0.39 is 11.9 Å². The highest BCUT2D eigenvalue weighted by atomic mass is 19.1. The van der Waals surface area contributed by atoms with E-state index in [1.54, 1.807) is 19.1 Å². The van der Waals surface area contributed by atoms with Gasteiger partial charge in [0.15, 0.2) is 0 Å². The summed E-state index contributed by atoms with van der Waals surface area (Å²) in [6, 6.07) is 4.45. The number of aliphatic hydroxyl groups is 1. The van der Waals surface area contributed by atoms with Crippen LogP contribution in [0.3, 0.4) is 0 Å². The number of halogens is 1. The first-order chi connectivity index (χ1) is 12.4. The first kappa shape index (κ1) is 18.8.